The van der Waals surface area contributed by atoms with E-state index in [-0.39, 0.29) is 4.90 Å². The maximum absolute atomic E-state index is 12.4. The summed E-state index contributed by atoms with van der Waals surface area (Å²) in [5.41, 5.74) is 2.27. The van der Waals surface area contributed by atoms with Gasteiger partial charge in [-0.2, -0.15) is 0 Å². The minimum atomic E-state index is -3.58. The van der Waals surface area contributed by atoms with Crippen LogP contribution in [0.25, 0.3) is 0 Å². The van der Waals surface area contributed by atoms with Gasteiger partial charge in [0, 0.05) is 22.9 Å². The van der Waals surface area contributed by atoms with Gasteiger partial charge in [-0.15, -0.1) is 0 Å². The van der Waals surface area contributed by atoms with E-state index in [4.69, 9.17) is 0 Å². The van der Waals surface area contributed by atoms with Crippen LogP contribution < -0.4 is 10.0 Å². The third-order valence-electron chi connectivity index (χ3n) is 3.02. The molecule has 114 valence electrons. The molecule has 0 atom stereocenters. The molecule has 0 bridgehead atoms. The first-order chi connectivity index (χ1) is 9.92. The highest BCUT2D eigenvalue weighted by molar-refractivity contribution is 9.10. The van der Waals surface area contributed by atoms with Crippen LogP contribution in [0.5, 0.6) is 0 Å². The van der Waals surface area contributed by atoms with Gasteiger partial charge in [0.2, 0.25) is 0 Å². The number of sulfonamides is 1. The van der Waals surface area contributed by atoms with Crippen LogP contribution in [0.3, 0.4) is 0 Å². The lowest BCUT2D eigenvalue weighted by Gasteiger charge is -2.09. The largest absolute Gasteiger partial charge is 0.363 e. The number of hydrogen-bond acceptors (Lipinski definition) is 3. The minimum absolute atomic E-state index is 0.234. The second-order valence-electron chi connectivity index (χ2n) is 4.71. The second-order valence-corrected chi connectivity index (χ2v) is 7.30. The van der Waals surface area contributed by atoms with Crippen LogP contribution >= 0.6 is 15.9 Å². The van der Waals surface area contributed by atoms with E-state index in [1.165, 1.54) is 6.20 Å². The molecule has 0 aliphatic carbocycles. The molecule has 2 rings (SSSR count). The maximum atomic E-state index is 12.4. The molecule has 0 saturated carbocycles. The van der Waals surface area contributed by atoms with E-state index in [1.807, 2.05) is 19.9 Å². The van der Waals surface area contributed by atoms with Crippen LogP contribution in [0.15, 0.2) is 39.8 Å². The molecule has 5 nitrogen and oxygen atoms in total. The molecule has 2 aromatic rings. The van der Waals surface area contributed by atoms with Crippen LogP contribution in [-0.4, -0.2) is 19.9 Å². The second kappa shape index (κ2) is 6.64. The third kappa shape index (κ3) is 4.09. The van der Waals surface area contributed by atoms with E-state index >= 15 is 0 Å². The summed E-state index contributed by atoms with van der Waals surface area (Å²) >= 11 is 3.36. The lowest BCUT2D eigenvalue weighted by atomic mass is 10.2. The summed E-state index contributed by atoms with van der Waals surface area (Å²) in [6.07, 6.45) is 1.50. The van der Waals surface area contributed by atoms with E-state index in [9.17, 15) is 8.42 Å². The van der Waals surface area contributed by atoms with E-state index in [1.54, 1.807) is 18.2 Å². The molecule has 7 heteroatoms. The number of aryl methyl sites for hydroxylation is 1. The summed E-state index contributed by atoms with van der Waals surface area (Å²) < 4.78 is 28.3. The van der Waals surface area contributed by atoms with Crippen molar-refractivity contribution >= 4 is 31.6 Å². The van der Waals surface area contributed by atoms with Crippen molar-refractivity contribution in [2.24, 2.45) is 0 Å². The van der Waals surface area contributed by atoms with Crippen molar-refractivity contribution in [2.45, 2.75) is 25.3 Å². The van der Waals surface area contributed by atoms with Gasteiger partial charge in [0.1, 0.15) is 4.90 Å². The topological polar surface area (TPSA) is 74.0 Å². The summed E-state index contributed by atoms with van der Waals surface area (Å²) in [5.74, 6) is 0. The molecule has 0 saturated heterocycles. The minimum Gasteiger partial charge on any atom is -0.363 e. The fourth-order valence-corrected chi connectivity index (χ4v) is 3.50. The molecule has 0 fully saturated rings. The molecule has 3 N–H and O–H groups in total. The fourth-order valence-electron chi connectivity index (χ4n) is 1.88. The molecule has 0 aliphatic rings. The van der Waals surface area contributed by atoms with E-state index in [2.05, 4.69) is 31.0 Å². The highest BCUT2D eigenvalue weighted by Gasteiger charge is 2.17. The first kappa shape index (κ1) is 16.1. The number of aromatic nitrogens is 1. The predicted molar refractivity (Wildman–Crippen MR) is 87.9 cm³/mol. The first-order valence-electron chi connectivity index (χ1n) is 6.59. The monoisotopic (exact) mass is 371 g/mol. The number of H-pyrrole nitrogens is 1. The highest BCUT2D eigenvalue weighted by Crippen LogP contribution is 2.23. The van der Waals surface area contributed by atoms with E-state index < -0.39 is 10.0 Å². The molecule has 1 aromatic carbocycles. The Morgan fingerprint density at radius 3 is 2.71 bits per heavy atom. The fraction of sp³-hybridized carbons (Fsp3) is 0.286. The van der Waals surface area contributed by atoms with E-state index in [0.29, 0.717) is 12.2 Å². The van der Waals surface area contributed by atoms with E-state index in [0.717, 1.165) is 22.3 Å². The summed E-state index contributed by atoms with van der Waals surface area (Å²) in [6, 6.07) is 7.05. The van der Waals surface area contributed by atoms with Crippen molar-refractivity contribution in [3.05, 3.63) is 46.2 Å². The van der Waals surface area contributed by atoms with Gasteiger partial charge in [0.15, 0.2) is 0 Å². The molecule has 0 unspecified atom stereocenters. The Morgan fingerprint density at radius 2 is 2.05 bits per heavy atom. The molecule has 0 spiro atoms. The molecule has 1 heterocycles. The number of rotatable bonds is 6. The number of anilines is 1. The summed E-state index contributed by atoms with van der Waals surface area (Å²) in [7, 11) is -3.58. The summed E-state index contributed by atoms with van der Waals surface area (Å²) in [4.78, 5) is 3.20. The molecule has 0 aliphatic heterocycles. The molecule has 1 aromatic heterocycles. The smallest absolute Gasteiger partial charge is 0.263 e. The number of halogens is 1. The molecular weight excluding hydrogens is 354 g/mol. The Hall–Kier alpha value is -1.31. The summed E-state index contributed by atoms with van der Waals surface area (Å²) in [5, 5.41) is 3.14. The maximum Gasteiger partial charge on any atom is 0.263 e. The average molecular weight is 372 g/mol. The lowest BCUT2D eigenvalue weighted by molar-refractivity contribution is 0.601. The van der Waals surface area contributed by atoms with Gasteiger partial charge < -0.3 is 10.3 Å². The Labute approximate surface area is 133 Å². The van der Waals surface area contributed by atoms with Crippen LogP contribution in [0.1, 0.15) is 18.2 Å². The number of hydrogen-bond donors (Lipinski definition) is 3. The van der Waals surface area contributed by atoms with Crippen molar-refractivity contribution < 1.29 is 8.42 Å². The molecule has 0 amide bonds. The number of aromatic amines is 1. The van der Waals surface area contributed by atoms with Crippen molar-refractivity contribution in [3.63, 3.8) is 0 Å². The zero-order valence-corrected chi connectivity index (χ0v) is 14.3. The lowest BCUT2D eigenvalue weighted by Crippen LogP contribution is -2.13. The third-order valence-corrected chi connectivity index (χ3v) is 4.86. The van der Waals surface area contributed by atoms with Gasteiger partial charge in [-0.05, 0) is 43.3 Å². The Morgan fingerprint density at radius 1 is 1.29 bits per heavy atom. The standard InChI is InChI=1S/C14H18BrN3O2S/c1-3-16-8-12-7-13(9-17-12)21(19,20)18-14-5-4-11(15)6-10(14)2/h4-7,9,16-18H,3,8H2,1-2H3. The van der Waals surface area contributed by atoms with Crippen molar-refractivity contribution in [1.29, 1.82) is 0 Å². The van der Waals surface area contributed by atoms with Gasteiger partial charge in [0.25, 0.3) is 10.0 Å². The van der Waals surface area contributed by atoms with Crippen LogP contribution in [0.4, 0.5) is 5.69 Å². The number of nitrogens with one attached hydrogen (secondary N) is 3. The zero-order valence-electron chi connectivity index (χ0n) is 11.9. The van der Waals surface area contributed by atoms with Gasteiger partial charge in [-0.1, -0.05) is 22.9 Å². The van der Waals surface area contributed by atoms with Crippen LogP contribution in [0, 0.1) is 6.92 Å². The predicted octanol–water partition coefficient (Wildman–Crippen LogP) is 3.00. The zero-order chi connectivity index (χ0) is 15.5. The number of benzene rings is 1. The quantitative estimate of drug-likeness (QED) is 0.730. The van der Waals surface area contributed by atoms with Crippen molar-refractivity contribution in [1.82, 2.24) is 10.3 Å². The molecule has 21 heavy (non-hydrogen) atoms. The Balaban J connectivity index is 2.19. The van der Waals surface area contributed by atoms with Gasteiger partial charge in [0.05, 0.1) is 5.69 Å². The van der Waals surface area contributed by atoms with Gasteiger partial charge in [-0.25, -0.2) is 8.42 Å². The Kier molecular flexibility index (Phi) is 5.08. The van der Waals surface area contributed by atoms with Crippen molar-refractivity contribution in [3.8, 4) is 0 Å². The Bertz CT molecular complexity index is 726. The molecular formula is C14H18BrN3O2S. The normalized spacial score (nSPS) is 11.6. The van der Waals surface area contributed by atoms with Gasteiger partial charge >= 0.3 is 0 Å². The van der Waals surface area contributed by atoms with Crippen LogP contribution in [0.2, 0.25) is 0 Å². The van der Waals surface area contributed by atoms with Gasteiger partial charge in [-0.3, -0.25) is 4.72 Å². The van der Waals surface area contributed by atoms with Crippen molar-refractivity contribution in [2.75, 3.05) is 11.3 Å². The van der Waals surface area contributed by atoms with Crippen LogP contribution in [-0.2, 0) is 16.6 Å². The summed E-state index contributed by atoms with van der Waals surface area (Å²) in [6.45, 7) is 5.30. The first-order valence-corrected chi connectivity index (χ1v) is 8.87. The SMILES string of the molecule is CCNCc1cc(S(=O)(=O)Nc2ccc(Br)cc2C)c[nH]1. The average Bonchev–Trinajstić information content (AvgIpc) is 2.89. The highest BCUT2D eigenvalue weighted by atomic mass is 79.9. The molecule has 0 radical (unpaired) electrons.